The van der Waals surface area contributed by atoms with Gasteiger partial charge in [0, 0.05) is 13.1 Å². The molecule has 1 aliphatic rings. The van der Waals surface area contributed by atoms with Crippen molar-refractivity contribution in [2.45, 2.75) is 19.4 Å². The van der Waals surface area contributed by atoms with E-state index in [1.54, 1.807) is 6.20 Å². The molecular weight excluding hydrogens is 218 g/mol. The van der Waals surface area contributed by atoms with Crippen LogP contribution < -0.4 is 0 Å². The first-order valence-corrected chi connectivity index (χ1v) is 5.37. The molecule has 1 unspecified atom stereocenters. The quantitative estimate of drug-likeness (QED) is 0.847. The topological polar surface area (TPSA) is 57.6 Å². The highest BCUT2D eigenvalue weighted by molar-refractivity contribution is 5.79. The second-order valence-corrected chi connectivity index (χ2v) is 3.98. The summed E-state index contributed by atoms with van der Waals surface area (Å²) in [5.41, 5.74) is 1.85. The molecule has 17 heavy (non-hydrogen) atoms. The van der Waals surface area contributed by atoms with Gasteiger partial charge in [-0.15, -0.1) is 0 Å². The van der Waals surface area contributed by atoms with Crippen LogP contribution in [-0.2, 0) is 9.59 Å². The minimum Gasteiger partial charge on any atom is -0.481 e. The van der Waals surface area contributed by atoms with E-state index in [4.69, 9.17) is 5.11 Å². The molecule has 1 aliphatic heterocycles. The number of amides is 1. The predicted molar refractivity (Wildman–Crippen MR) is 63.0 cm³/mol. The van der Waals surface area contributed by atoms with Gasteiger partial charge in [0.1, 0.15) is 0 Å². The molecular formula is C13H13NO3. The molecule has 1 aromatic rings. The Morgan fingerprint density at radius 2 is 2.06 bits per heavy atom. The molecule has 1 N–H and O–H groups in total. The highest BCUT2D eigenvalue weighted by Crippen LogP contribution is 2.32. The molecule has 0 aromatic heterocycles. The van der Waals surface area contributed by atoms with Gasteiger partial charge in [0.05, 0.1) is 12.5 Å². The number of carboxylic acids is 1. The van der Waals surface area contributed by atoms with Crippen molar-refractivity contribution in [3.63, 3.8) is 0 Å². The minimum absolute atomic E-state index is 0.0824. The Hall–Kier alpha value is -2.10. The number of fused-ring (bicyclic) bond motifs is 1. The van der Waals surface area contributed by atoms with E-state index in [9.17, 15) is 9.59 Å². The Balaban J connectivity index is 2.43. The Morgan fingerprint density at radius 3 is 2.71 bits per heavy atom. The number of nitrogens with zero attached hydrogens (tertiary/aromatic N) is 1. The van der Waals surface area contributed by atoms with E-state index in [1.165, 1.54) is 11.8 Å². The van der Waals surface area contributed by atoms with Crippen LogP contribution in [0.15, 0.2) is 30.5 Å². The van der Waals surface area contributed by atoms with Gasteiger partial charge < -0.3 is 10.0 Å². The zero-order valence-electron chi connectivity index (χ0n) is 9.46. The van der Waals surface area contributed by atoms with Crippen molar-refractivity contribution >= 4 is 18.0 Å². The Morgan fingerprint density at radius 1 is 1.35 bits per heavy atom. The molecule has 0 saturated carbocycles. The van der Waals surface area contributed by atoms with Crippen LogP contribution in [0.4, 0.5) is 0 Å². The summed E-state index contributed by atoms with van der Waals surface area (Å²) in [5, 5.41) is 8.93. The van der Waals surface area contributed by atoms with Crippen molar-refractivity contribution in [3.05, 3.63) is 41.6 Å². The molecule has 0 fully saturated rings. The molecule has 4 nitrogen and oxygen atoms in total. The number of benzene rings is 1. The van der Waals surface area contributed by atoms with Crippen LogP contribution in [0.25, 0.3) is 6.08 Å². The molecule has 0 bridgehead atoms. The third-order valence-electron chi connectivity index (χ3n) is 2.84. The van der Waals surface area contributed by atoms with Gasteiger partial charge in [0.2, 0.25) is 5.91 Å². The molecule has 0 aliphatic carbocycles. The smallest absolute Gasteiger partial charge is 0.305 e. The van der Waals surface area contributed by atoms with Crippen molar-refractivity contribution in [2.24, 2.45) is 0 Å². The third kappa shape index (κ3) is 2.20. The first kappa shape index (κ1) is 11.4. The molecule has 1 aromatic carbocycles. The van der Waals surface area contributed by atoms with E-state index in [0.29, 0.717) is 0 Å². The summed E-state index contributed by atoms with van der Waals surface area (Å²) in [6.07, 6.45) is 3.40. The fraction of sp³-hybridized carbons (Fsp3) is 0.231. The van der Waals surface area contributed by atoms with Gasteiger partial charge >= 0.3 is 5.97 Å². The maximum absolute atomic E-state index is 11.5. The fourth-order valence-electron chi connectivity index (χ4n) is 2.08. The van der Waals surface area contributed by atoms with Crippen LogP contribution in [-0.4, -0.2) is 21.9 Å². The van der Waals surface area contributed by atoms with Gasteiger partial charge in [-0.1, -0.05) is 24.3 Å². The SMILES string of the molecule is CC(=O)N1C=Cc2ccccc2C1CC(=O)O. The normalized spacial score (nSPS) is 17.7. The molecule has 0 radical (unpaired) electrons. The Kier molecular flexibility index (Phi) is 2.95. The van der Waals surface area contributed by atoms with Crippen molar-refractivity contribution in [3.8, 4) is 0 Å². The van der Waals surface area contributed by atoms with Gasteiger partial charge in [-0.25, -0.2) is 0 Å². The average Bonchev–Trinajstić information content (AvgIpc) is 2.28. The predicted octanol–water partition coefficient (Wildman–Crippen LogP) is 2.04. The summed E-state index contributed by atoms with van der Waals surface area (Å²) in [4.78, 5) is 23.8. The van der Waals surface area contributed by atoms with E-state index in [1.807, 2.05) is 30.3 Å². The molecule has 88 valence electrons. The van der Waals surface area contributed by atoms with Crippen molar-refractivity contribution in [2.75, 3.05) is 0 Å². The van der Waals surface area contributed by atoms with Crippen molar-refractivity contribution < 1.29 is 14.7 Å². The highest BCUT2D eigenvalue weighted by Gasteiger charge is 2.27. The molecule has 2 rings (SSSR count). The van der Waals surface area contributed by atoms with Gasteiger partial charge in [0.15, 0.2) is 0 Å². The van der Waals surface area contributed by atoms with Crippen LogP contribution in [0.2, 0.25) is 0 Å². The Labute approximate surface area is 99.2 Å². The van der Waals surface area contributed by atoms with E-state index in [0.717, 1.165) is 11.1 Å². The van der Waals surface area contributed by atoms with Crippen LogP contribution in [0, 0.1) is 0 Å². The van der Waals surface area contributed by atoms with E-state index >= 15 is 0 Å². The van der Waals surface area contributed by atoms with Crippen LogP contribution >= 0.6 is 0 Å². The van der Waals surface area contributed by atoms with Crippen LogP contribution in [0.1, 0.15) is 30.5 Å². The number of hydrogen-bond acceptors (Lipinski definition) is 2. The second-order valence-electron chi connectivity index (χ2n) is 3.98. The fourth-order valence-corrected chi connectivity index (χ4v) is 2.08. The number of hydrogen-bond donors (Lipinski definition) is 1. The molecule has 1 atom stereocenters. The lowest BCUT2D eigenvalue weighted by molar-refractivity contribution is -0.139. The van der Waals surface area contributed by atoms with E-state index in [2.05, 4.69) is 0 Å². The van der Waals surface area contributed by atoms with Crippen molar-refractivity contribution in [1.29, 1.82) is 0 Å². The first-order chi connectivity index (χ1) is 8.09. The number of carboxylic acid groups (broad SMARTS) is 1. The largest absolute Gasteiger partial charge is 0.481 e. The van der Waals surface area contributed by atoms with Gasteiger partial charge in [-0.05, 0) is 17.2 Å². The highest BCUT2D eigenvalue weighted by atomic mass is 16.4. The lowest BCUT2D eigenvalue weighted by Gasteiger charge is -2.31. The molecule has 4 heteroatoms. The zero-order chi connectivity index (χ0) is 12.4. The van der Waals surface area contributed by atoms with Crippen LogP contribution in [0.3, 0.4) is 0 Å². The molecule has 1 heterocycles. The third-order valence-corrected chi connectivity index (χ3v) is 2.84. The zero-order valence-corrected chi connectivity index (χ0v) is 9.46. The lowest BCUT2D eigenvalue weighted by atomic mass is 9.94. The van der Waals surface area contributed by atoms with E-state index < -0.39 is 12.0 Å². The maximum Gasteiger partial charge on any atom is 0.305 e. The number of rotatable bonds is 2. The second kappa shape index (κ2) is 4.41. The van der Waals surface area contributed by atoms with Gasteiger partial charge in [0.25, 0.3) is 0 Å². The number of carbonyl (C=O) groups is 2. The summed E-state index contributed by atoms with van der Waals surface area (Å²) in [5.74, 6) is -1.06. The summed E-state index contributed by atoms with van der Waals surface area (Å²) in [6.45, 7) is 1.44. The average molecular weight is 231 g/mol. The van der Waals surface area contributed by atoms with Crippen LogP contribution in [0.5, 0.6) is 0 Å². The lowest BCUT2D eigenvalue weighted by Crippen LogP contribution is -2.32. The first-order valence-electron chi connectivity index (χ1n) is 5.37. The summed E-state index contributed by atoms with van der Waals surface area (Å²) >= 11 is 0. The number of aliphatic carboxylic acids is 1. The maximum atomic E-state index is 11.5. The molecule has 0 saturated heterocycles. The van der Waals surface area contributed by atoms with E-state index in [-0.39, 0.29) is 12.3 Å². The van der Waals surface area contributed by atoms with Gasteiger partial charge in [-0.3, -0.25) is 9.59 Å². The summed E-state index contributed by atoms with van der Waals surface area (Å²) < 4.78 is 0. The minimum atomic E-state index is -0.911. The monoisotopic (exact) mass is 231 g/mol. The molecule has 1 amide bonds. The Bertz CT molecular complexity index is 493. The standard InChI is InChI=1S/C13H13NO3/c1-9(15)14-7-6-10-4-2-3-5-11(10)12(14)8-13(16)17/h2-7,12H,8H2,1H3,(H,16,17). The van der Waals surface area contributed by atoms with Crippen molar-refractivity contribution in [1.82, 2.24) is 4.90 Å². The summed E-state index contributed by atoms with van der Waals surface area (Å²) in [6, 6.07) is 7.11. The summed E-state index contributed by atoms with van der Waals surface area (Å²) in [7, 11) is 0. The number of carbonyl (C=O) groups excluding carboxylic acids is 1. The molecule has 0 spiro atoms. The van der Waals surface area contributed by atoms with Gasteiger partial charge in [-0.2, -0.15) is 0 Å².